The van der Waals surface area contributed by atoms with Crippen molar-refractivity contribution >= 4 is 39.2 Å². The van der Waals surface area contributed by atoms with Gasteiger partial charge in [-0.1, -0.05) is 29.8 Å². The molecule has 86 valence electrons. The van der Waals surface area contributed by atoms with Crippen LogP contribution in [-0.2, 0) is 4.74 Å². The van der Waals surface area contributed by atoms with Crippen molar-refractivity contribution in [3.05, 3.63) is 47.5 Å². The monoisotopic (exact) mass is 266 g/mol. The molecule has 2 unspecified atom stereocenters. The van der Waals surface area contributed by atoms with Gasteiger partial charge in [0.1, 0.15) is 6.10 Å². The van der Waals surface area contributed by atoms with E-state index in [4.69, 9.17) is 27.9 Å². The molecule has 0 radical (unpaired) electrons. The Morgan fingerprint density at radius 1 is 1.12 bits per heavy atom. The van der Waals surface area contributed by atoms with Gasteiger partial charge in [0.2, 0.25) is 0 Å². The maximum atomic E-state index is 11.0. The highest BCUT2D eigenvalue weighted by atomic mass is 35.5. The molecule has 2 aromatic rings. The Kier molecular flexibility index (Phi) is 2.58. The van der Waals surface area contributed by atoms with Crippen molar-refractivity contribution in [2.45, 2.75) is 11.7 Å². The Bertz CT molecular complexity index is 609. The predicted octanol–water partition coefficient (Wildman–Crippen LogP) is 3.86. The second-order valence-corrected chi connectivity index (χ2v) is 4.78. The van der Waals surface area contributed by atoms with Gasteiger partial charge in [0, 0.05) is 5.56 Å². The zero-order chi connectivity index (χ0) is 12.0. The molecule has 1 fully saturated rings. The lowest BCUT2D eigenvalue weighted by Gasteiger charge is -2.02. The fourth-order valence-corrected chi connectivity index (χ4v) is 2.26. The molecule has 2 atom stereocenters. The van der Waals surface area contributed by atoms with Gasteiger partial charge < -0.3 is 4.74 Å². The molecule has 3 rings (SSSR count). The molecular formula is C13H8Cl2O2. The summed E-state index contributed by atoms with van der Waals surface area (Å²) in [6.45, 7) is 0. The third-order valence-electron chi connectivity index (χ3n) is 2.86. The molecule has 0 spiro atoms. The van der Waals surface area contributed by atoms with Gasteiger partial charge in [-0.05, 0) is 46.1 Å². The number of fused-ring (bicyclic) bond motifs is 1. The minimum atomic E-state index is -0.442. The zero-order valence-corrected chi connectivity index (χ0v) is 10.2. The van der Waals surface area contributed by atoms with Crippen molar-refractivity contribution in [2.75, 3.05) is 0 Å². The van der Waals surface area contributed by atoms with E-state index < -0.39 is 5.24 Å². The highest BCUT2D eigenvalue weighted by Crippen LogP contribution is 2.41. The van der Waals surface area contributed by atoms with Crippen LogP contribution in [-0.4, -0.2) is 10.8 Å². The molecule has 4 heteroatoms. The van der Waals surface area contributed by atoms with E-state index in [1.165, 1.54) is 0 Å². The molecule has 1 heterocycles. The molecule has 0 N–H and O–H groups in total. The van der Waals surface area contributed by atoms with Gasteiger partial charge in [-0.3, -0.25) is 4.79 Å². The molecule has 1 aliphatic rings. The summed E-state index contributed by atoms with van der Waals surface area (Å²) in [5.41, 5.74) is 1.35. The molecule has 0 aliphatic carbocycles. The largest absolute Gasteiger partial charge is 0.347 e. The van der Waals surface area contributed by atoms with E-state index >= 15 is 0 Å². The average Bonchev–Trinajstić information content (AvgIpc) is 3.05. The van der Waals surface area contributed by atoms with Crippen LogP contribution < -0.4 is 0 Å². The summed E-state index contributed by atoms with van der Waals surface area (Å²) in [7, 11) is 0. The lowest BCUT2D eigenvalue weighted by molar-refractivity contribution is 0.108. The van der Waals surface area contributed by atoms with Crippen LogP contribution in [0.3, 0.4) is 0 Å². The van der Waals surface area contributed by atoms with Crippen LogP contribution in [0.15, 0.2) is 36.4 Å². The first kappa shape index (κ1) is 11.0. The zero-order valence-electron chi connectivity index (χ0n) is 8.69. The maximum absolute atomic E-state index is 11.0. The molecule has 0 bridgehead atoms. The van der Waals surface area contributed by atoms with E-state index in [0.29, 0.717) is 5.56 Å². The Morgan fingerprint density at radius 2 is 1.76 bits per heavy atom. The van der Waals surface area contributed by atoms with Gasteiger partial charge in [0.05, 0.1) is 0 Å². The standard InChI is InChI=1S/C13H8Cl2O2/c14-12(16)10-4-2-7-5-9(11-13(15)17-11)3-1-8(7)6-10/h1-6,11,13H. The summed E-state index contributed by atoms with van der Waals surface area (Å²) in [4.78, 5) is 11.0. The van der Waals surface area contributed by atoms with Crippen molar-refractivity contribution in [2.24, 2.45) is 0 Å². The molecule has 2 nitrogen and oxygen atoms in total. The van der Waals surface area contributed by atoms with Crippen molar-refractivity contribution in [1.29, 1.82) is 0 Å². The number of alkyl halides is 1. The summed E-state index contributed by atoms with van der Waals surface area (Å²) in [5.74, 6) is 0. The smallest absolute Gasteiger partial charge is 0.252 e. The van der Waals surface area contributed by atoms with Gasteiger partial charge in [0.15, 0.2) is 5.56 Å². The average molecular weight is 267 g/mol. The van der Waals surface area contributed by atoms with E-state index in [-0.39, 0.29) is 11.7 Å². The van der Waals surface area contributed by atoms with Crippen molar-refractivity contribution in [3.63, 3.8) is 0 Å². The number of carbonyl (C=O) groups is 1. The van der Waals surface area contributed by atoms with E-state index in [2.05, 4.69) is 0 Å². The Morgan fingerprint density at radius 3 is 2.41 bits per heavy atom. The third-order valence-corrected chi connectivity index (χ3v) is 3.41. The first-order valence-electron chi connectivity index (χ1n) is 5.18. The van der Waals surface area contributed by atoms with E-state index in [1.54, 1.807) is 12.1 Å². The highest BCUT2D eigenvalue weighted by Gasteiger charge is 2.38. The molecule has 0 saturated carbocycles. The van der Waals surface area contributed by atoms with E-state index in [9.17, 15) is 4.79 Å². The van der Waals surface area contributed by atoms with Crippen LogP contribution in [0.4, 0.5) is 0 Å². The normalized spacial score (nSPS) is 22.7. The molecule has 1 saturated heterocycles. The van der Waals surface area contributed by atoms with Crippen LogP contribution in [0.25, 0.3) is 10.8 Å². The van der Waals surface area contributed by atoms with Crippen LogP contribution in [0.2, 0.25) is 0 Å². The Balaban J connectivity index is 2.06. The summed E-state index contributed by atoms with van der Waals surface area (Å²) in [5, 5.41) is 1.58. The quantitative estimate of drug-likeness (QED) is 0.470. The number of benzene rings is 2. The Labute approximate surface area is 108 Å². The number of hydrogen-bond acceptors (Lipinski definition) is 2. The van der Waals surface area contributed by atoms with Crippen molar-refractivity contribution in [3.8, 4) is 0 Å². The van der Waals surface area contributed by atoms with Gasteiger partial charge in [-0.25, -0.2) is 0 Å². The molecular weight excluding hydrogens is 259 g/mol. The first-order chi connectivity index (χ1) is 8.15. The number of halogens is 2. The lowest BCUT2D eigenvalue weighted by Crippen LogP contribution is -1.89. The van der Waals surface area contributed by atoms with E-state index in [0.717, 1.165) is 16.3 Å². The summed E-state index contributed by atoms with van der Waals surface area (Å²) in [6, 6.07) is 11.3. The minimum Gasteiger partial charge on any atom is -0.347 e. The van der Waals surface area contributed by atoms with Crippen LogP contribution >= 0.6 is 23.2 Å². The SMILES string of the molecule is O=C(Cl)c1ccc2cc(C3OC3Cl)ccc2c1. The topological polar surface area (TPSA) is 29.6 Å². The predicted molar refractivity (Wildman–Crippen MR) is 67.6 cm³/mol. The van der Waals surface area contributed by atoms with Gasteiger partial charge >= 0.3 is 0 Å². The second kappa shape index (κ2) is 3.98. The fourth-order valence-electron chi connectivity index (χ4n) is 1.89. The summed E-state index contributed by atoms with van der Waals surface area (Å²) >= 11 is 11.3. The van der Waals surface area contributed by atoms with Gasteiger partial charge in [-0.15, -0.1) is 0 Å². The second-order valence-electron chi connectivity index (χ2n) is 4.00. The number of rotatable bonds is 2. The molecule has 0 amide bonds. The Hall–Kier alpha value is -1.09. The lowest BCUT2D eigenvalue weighted by atomic mass is 10.0. The van der Waals surface area contributed by atoms with Crippen molar-refractivity contribution in [1.82, 2.24) is 0 Å². The molecule has 2 aromatic carbocycles. The van der Waals surface area contributed by atoms with Crippen LogP contribution in [0.1, 0.15) is 22.0 Å². The third kappa shape index (κ3) is 2.04. The minimum absolute atomic E-state index is 0.00426. The number of epoxide rings is 1. The molecule has 17 heavy (non-hydrogen) atoms. The maximum Gasteiger partial charge on any atom is 0.252 e. The number of carbonyl (C=O) groups excluding carboxylic acids is 1. The van der Waals surface area contributed by atoms with Crippen LogP contribution in [0.5, 0.6) is 0 Å². The van der Waals surface area contributed by atoms with Gasteiger partial charge in [0.25, 0.3) is 5.24 Å². The van der Waals surface area contributed by atoms with E-state index in [1.807, 2.05) is 24.3 Å². The summed E-state index contributed by atoms with van der Waals surface area (Å²) < 4.78 is 5.20. The molecule has 1 aliphatic heterocycles. The fraction of sp³-hybridized carbons (Fsp3) is 0.154. The van der Waals surface area contributed by atoms with Crippen LogP contribution in [0, 0.1) is 0 Å². The number of ether oxygens (including phenoxy) is 1. The highest BCUT2D eigenvalue weighted by molar-refractivity contribution is 6.67. The van der Waals surface area contributed by atoms with Crippen molar-refractivity contribution < 1.29 is 9.53 Å². The summed E-state index contributed by atoms with van der Waals surface area (Å²) in [6.07, 6.45) is -0.00426. The van der Waals surface area contributed by atoms with Gasteiger partial charge in [-0.2, -0.15) is 0 Å². The molecule has 0 aromatic heterocycles. The first-order valence-corrected chi connectivity index (χ1v) is 6.00. The number of hydrogen-bond donors (Lipinski definition) is 0.